The topological polar surface area (TPSA) is 3.24 Å². The minimum absolute atomic E-state index is 0.0361. The summed E-state index contributed by atoms with van der Waals surface area (Å²) < 4.78 is 25.7. The van der Waals surface area contributed by atoms with Gasteiger partial charge in [-0.2, -0.15) is 0 Å². The first-order chi connectivity index (χ1) is 6.67. The zero-order valence-corrected chi connectivity index (χ0v) is 7.84. The molecule has 3 heteroatoms. The Balaban J connectivity index is 2.03. The van der Waals surface area contributed by atoms with Crippen molar-refractivity contribution in [1.82, 2.24) is 0 Å². The van der Waals surface area contributed by atoms with Crippen LogP contribution in [0.5, 0.6) is 0 Å². The Bertz CT molecular complexity index is 287. The molecule has 1 saturated heterocycles. The van der Waals surface area contributed by atoms with Gasteiger partial charge in [-0.25, -0.2) is 8.78 Å². The highest BCUT2D eigenvalue weighted by molar-refractivity contribution is 5.46. The molecule has 0 amide bonds. The van der Waals surface area contributed by atoms with E-state index in [1.54, 1.807) is 0 Å². The number of piperidine rings is 1. The van der Waals surface area contributed by atoms with Crippen molar-refractivity contribution >= 4 is 5.69 Å². The Kier molecular flexibility index (Phi) is 2.40. The maximum Gasteiger partial charge on any atom is 0.251 e. The van der Waals surface area contributed by atoms with E-state index in [4.69, 9.17) is 0 Å². The number of halogens is 2. The molecule has 1 heterocycles. The summed E-state index contributed by atoms with van der Waals surface area (Å²) in [6, 6.07) is 10.3. The van der Waals surface area contributed by atoms with Gasteiger partial charge in [-0.15, -0.1) is 0 Å². The second-order valence-corrected chi connectivity index (χ2v) is 3.60. The minimum Gasteiger partial charge on any atom is -0.371 e. The molecule has 0 atom stereocenters. The van der Waals surface area contributed by atoms with E-state index in [0.29, 0.717) is 13.1 Å². The van der Waals surface area contributed by atoms with Crippen LogP contribution in [0.4, 0.5) is 14.5 Å². The van der Waals surface area contributed by atoms with Gasteiger partial charge in [0.1, 0.15) is 0 Å². The third kappa shape index (κ3) is 2.03. The van der Waals surface area contributed by atoms with Crippen molar-refractivity contribution in [3.63, 3.8) is 0 Å². The lowest BCUT2D eigenvalue weighted by Gasteiger charge is -2.33. The monoisotopic (exact) mass is 196 g/mol. The van der Waals surface area contributed by atoms with Crippen molar-refractivity contribution in [3.8, 4) is 0 Å². The number of hydrogen-bond acceptors (Lipinski definition) is 1. The van der Waals surface area contributed by atoms with Crippen LogP contribution < -0.4 is 4.90 Å². The molecule has 0 aromatic heterocycles. The van der Waals surface area contributed by atoms with Crippen LogP contribution in [0.2, 0.25) is 0 Å². The van der Waals surface area contributed by atoms with Gasteiger partial charge in [-0.05, 0) is 18.2 Å². The van der Waals surface area contributed by atoms with Crippen LogP contribution in [0, 0.1) is 6.07 Å². The number of alkyl halides is 2. The summed E-state index contributed by atoms with van der Waals surface area (Å²) in [4.78, 5) is 1.99. The fraction of sp³-hybridized carbons (Fsp3) is 0.455. The standard InChI is InChI=1S/C11H12F2N/c12-11(13)6-8-14(9-7-11)10-4-2-1-3-5-10/h2-5H,6-9H2. The van der Waals surface area contributed by atoms with Crippen molar-refractivity contribution in [2.24, 2.45) is 0 Å². The first kappa shape index (κ1) is 9.44. The van der Waals surface area contributed by atoms with Crippen molar-refractivity contribution in [2.45, 2.75) is 18.8 Å². The average Bonchev–Trinajstić information content (AvgIpc) is 2.19. The molecule has 2 rings (SSSR count). The Morgan fingerprint density at radius 1 is 1.14 bits per heavy atom. The molecule has 1 aliphatic heterocycles. The molecule has 0 unspecified atom stereocenters. The largest absolute Gasteiger partial charge is 0.371 e. The summed E-state index contributed by atoms with van der Waals surface area (Å²) in [5.74, 6) is -2.46. The summed E-state index contributed by atoms with van der Waals surface area (Å²) in [6.07, 6.45) is -0.0722. The van der Waals surface area contributed by atoms with Gasteiger partial charge in [0.05, 0.1) is 0 Å². The third-order valence-electron chi connectivity index (χ3n) is 2.56. The molecule has 1 aliphatic rings. The number of hydrogen-bond donors (Lipinski definition) is 0. The third-order valence-corrected chi connectivity index (χ3v) is 2.56. The highest BCUT2D eigenvalue weighted by Gasteiger charge is 2.33. The molecule has 0 aliphatic carbocycles. The Labute approximate surface area is 82.3 Å². The van der Waals surface area contributed by atoms with E-state index >= 15 is 0 Å². The molecule has 14 heavy (non-hydrogen) atoms. The van der Waals surface area contributed by atoms with Crippen LogP contribution in [0.25, 0.3) is 0 Å². The number of nitrogens with zero attached hydrogens (tertiary/aromatic N) is 1. The molecule has 1 fully saturated rings. The fourth-order valence-corrected chi connectivity index (χ4v) is 1.68. The van der Waals surface area contributed by atoms with Crippen LogP contribution in [0.1, 0.15) is 12.8 Å². The lowest BCUT2D eigenvalue weighted by atomic mass is 10.1. The zero-order valence-electron chi connectivity index (χ0n) is 7.84. The Hall–Kier alpha value is -1.12. The molecule has 75 valence electrons. The molecule has 1 aromatic carbocycles. The van der Waals surface area contributed by atoms with E-state index in [9.17, 15) is 8.78 Å². The van der Waals surface area contributed by atoms with Crippen molar-refractivity contribution < 1.29 is 8.78 Å². The van der Waals surface area contributed by atoms with Gasteiger partial charge in [0, 0.05) is 31.6 Å². The van der Waals surface area contributed by atoms with Gasteiger partial charge < -0.3 is 4.90 Å². The smallest absolute Gasteiger partial charge is 0.251 e. The predicted molar refractivity (Wildman–Crippen MR) is 51.7 cm³/mol. The maximum atomic E-state index is 12.9. The van der Waals surface area contributed by atoms with E-state index in [2.05, 4.69) is 6.07 Å². The van der Waals surface area contributed by atoms with E-state index in [0.717, 1.165) is 5.69 Å². The molecule has 0 saturated carbocycles. The lowest BCUT2D eigenvalue weighted by molar-refractivity contribution is -0.0220. The SMILES string of the molecule is FC1(F)CCN(c2cc[c]cc2)CC1. The summed E-state index contributed by atoms with van der Waals surface area (Å²) >= 11 is 0. The quantitative estimate of drug-likeness (QED) is 0.667. The number of rotatable bonds is 1. The number of benzene rings is 1. The normalized spacial score (nSPS) is 20.9. The molecule has 0 bridgehead atoms. The Morgan fingerprint density at radius 2 is 1.71 bits per heavy atom. The van der Waals surface area contributed by atoms with Crippen molar-refractivity contribution in [3.05, 3.63) is 30.3 Å². The van der Waals surface area contributed by atoms with E-state index < -0.39 is 5.92 Å². The lowest BCUT2D eigenvalue weighted by Crippen LogP contribution is -2.39. The molecular formula is C11H12F2N. The Morgan fingerprint density at radius 3 is 2.29 bits per heavy atom. The van der Waals surface area contributed by atoms with Crippen LogP contribution in [-0.2, 0) is 0 Å². The molecule has 1 nitrogen and oxygen atoms in total. The summed E-state index contributed by atoms with van der Waals surface area (Å²) in [5.41, 5.74) is 1.01. The molecule has 0 N–H and O–H groups in total. The molecular weight excluding hydrogens is 184 g/mol. The van der Waals surface area contributed by atoms with Gasteiger partial charge in [0.2, 0.25) is 0 Å². The highest BCUT2D eigenvalue weighted by atomic mass is 19.3. The first-order valence-corrected chi connectivity index (χ1v) is 4.76. The van der Waals surface area contributed by atoms with Gasteiger partial charge in [-0.3, -0.25) is 0 Å². The summed E-state index contributed by atoms with van der Waals surface area (Å²) in [6.45, 7) is 0.883. The van der Waals surface area contributed by atoms with Crippen LogP contribution in [-0.4, -0.2) is 19.0 Å². The fourth-order valence-electron chi connectivity index (χ4n) is 1.68. The summed E-state index contributed by atoms with van der Waals surface area (Å²) in [7, 11) is 0. The second-order valence-electron chi connectivity index (χ2n) is 3.60. The summed E-state index contributed by atoms with van der Waals surface area (Å²) in [5, 5.41) is 0. The first-order valence-electron chi connectivity index (χ1n) is 4.76. The minimum atomic E-state index is -2.46. The van der Waals surface area contributed by atoms with Gasteiger partial charge in [-0.1, -0.05) is 12.1 Å². The highest BCUT2D eigenvalue weighted by Crippen LogP contribution is 2.29. The molecule has 0 spiro atoms. The van der Waals surface area contributed by atoms with Gasteiger partial charge >= 0.3 is 0 Å². The van der Waals surface area contributed by atoms with Crippen molar-refractivity contribution in [1.29, 1.82) is 0 Å². The van der Waals surface area contributed by atoms with Gasteiger partial charge in [0.25, 0.3) is 5.92 Å². The van der Waals surface area contributed by atoms with E-state index in [1.807, 2.05) is 29.2 Å². The van der Waals surface area contributed by atoms with Crippen LogP contribution in [0.15, 0.2) is 24.3 Å². The van der Waals surface area contributed by atoms with E-state index in [1.165, 1.54) is 0 Å². The second kappa shape index (κ2) is 3.56. The zero-order chi connectivity index (χ0) is 10.0. The maximum absolute atomic E-state index is 12.9. The van der Waals surface area contributed by atoms with Crippen LogP contribution in [0.3, 0.4) is 0 Å². The molecule has 1 radical (unpaired) electrons. The predicted octanol–water partition coefficient (Wildman–Crippen LogP) is 2.72. The van der Waals surface area contributed by atoms with E-state index in [-0.39, 0.29) is 12.8 Å². The van der Waals surface area contributed by atoms with Gasteiger partial charge in [0.15, 0.2) is 0 Å². The number of anilines is 1. The van der Waals surface area contributed by atoms with Crippen molar-refractivity contribution in [2.75, 3.05) is 18.0 Å². The molecule has 1 aromatic rings. The van der Waals surface area contributed by atoms with Crippen LogP contribution >= 0.6 is 0 Å². The average molecular weight is 196 g/mol.